The third-order valence-electron chi connectivity index (χ3n) is 8.85. The van der Waals surface area contributed by atoms with E-state index in [2.05, 4.69) is 6.92 Å². The predicted octanol–water partition coefficient (Wildman–Crippen LogP) is 9.86. The summed E-state index contributed by atoms with van der Waals surface area (Å²) in [4.78, 5) is 49.2. The van der Waals surface area contributed by atoms with Gasteiger partial charge in [-0.2, -0.15) is 0 Å². The summed E-state index contributed by atoms with van der Waals surface area (Å²) in [5.41, 5.74) is -0.616. The molecule has 2 aliphatic rings. The summed E-state index contributed by atoms with van der Waals surface area (Å²) in [6.45, 7) is 4.33. The molecule has 12 nitrogen and oxygen atoms in total. The molecule has 1 aliphatic heterocycles. The van der Waals surface area contributed by atoms with E-state index in [9.17, 15) is 40.2 Å². The van der Waals surface area contributed by atoms with Crippen LogP contribution in [0.4, 0.5) is 17.1 Å². The number of nitrogens with zero attached hydrogens (tertiary/aromatic N) is 3. The second-order valence-corrected chi connectivity index (χ2v) is 15.7. The van der Waals surface area contributed by atoms with Gasteiger partial charge in [-0.25, -0.2) is 0 Å². The molecule has 0 saturated heterocycles. The van der Waals surface area contributed by atoms with E-state index in [4.69, 9.17) is 4.74 Å². The van der Waals surface area contributed by atoms with Crippen molar-refractivity contribution in [1.29, 1.82) is 0 Å². The number of carboxylic acid groups (broad SMARTS) is 1. The molecule has 0 amide bonds. The van der Waals surface area contributed by atoms with Gasteiger partial charge in [-0.3, -0.25) is 0 Å². The van der Waals surface area contributed by atoms with Crippen LogP contribution in [0.2, 0.25) is 0 Å². The van der Waals surface area contributed by atoms with Crippen molar-refractivity contribution in [1.82, 2.24) is 0 Å². The number of benzene rings is 3. The summed E-state index contributed by atoms with van der Waals surface area (Å²) in [6.07, 6.45) is 12.5. The first kappa shape index (κ1) is 36.8. The first-order valence-corrected chi connectivity index (χ1v) is 19.2. The standard InChI is InChI=1S/C36H37N3O9SSe/c1-3-4-5-6-7-8-9-10-11-12-17-48-25-15-13-23(14-16-25)30-21-50-36(49-30)34-26-18-24(37(42)43)19-29(39(46)47)32(26)33-27(35(40)41)20-28(38(44)45)22(2)31(33)34/h13-16,18-21H,3-12,17H2,1-2H3,(H,40,41). The van der Waals surface area contributed by atoms with Crippen molar-refractivity contribution < 1.29 is 29.4 Å². The van der Waals surface area contributed by atoms with Gasteiger partial charge in [0, 0.05) is 0 Å². The van der Waals surface area contributed by atoms with Crippen LogP contribution in [0, 0.1) is 37.3 Å². The molecule has 3 aromatic rings. The summed E-state index contributed by atoms with van der Waals surface area (Å²) in [7, 11) is 0. The Hall–Kier alpha value is -4.52. The van der Waals surface area contributed by atoms with Crippen molar-refractivity contribution in [3.8, 4) is 16.9 Å². The van der Waals surface area contributed by atoms with Crippen molar-refractivity contribution in [3.05, 3.63) is 109 Å². The number of fused-ring (bicyclic) bond motifs is 3. The van der Waals surface area contributed by atoms with Gasteiger partial charge in [0.2, 0.25) is 0 Å². The van der Waals surface area contributed by atoms with Gasteiger partial charge in [-0.1, -0.05) is 45.4 Å². The number of nitro benzene ring substituents is 3. The Balaban J connectivity index is 1.38. The Morgan fingerprint density at radius 3 is 2.00 bits per heavy atom. The summed E-state index contributed by atoms with van der Waals surface area (Å²) in [5.74, 6) is -0.757. The molecule has 1 heterocycles. The van der Waals surface area contributed by atoms with Crippen molar-refractivity contribution in [2.75, 3.05) is 6.61 Å². The van der Waals surface area contributed by atoms with E-state index in [-0.39, 0.29) is 42.8 Å². The van der Waals surface area contributed by atoms with Crippen molar-refractivity contribution in [2.45, 2.75) is 78.1 Å². The normalized spacial score (nSPS) is 14.6. The zero-order chi connectivity index (χ0) is 35.9. The Bertz CT molecular complexity index is 1910. The maximum absolute atomic E-state index is 12.4. The van der Waals surface area contributed by atoms with Gasteiger partial charge < -0.3 is 0 Å². The Morgan fingerprint density at radius 1 is 0.800 bits per heavy atom. The van der Waals surface area contributed by atoms with Crippen LogP contribution in [0.5, 0.6) is 5.75 Å². The van der Waals surface area contributed by atoms with Gasteiger partial charge in [-0.05, 0) is 0 Å². The number of carboxylic acids is 1. The van der Waals surface area contributed by atoms with E-state index in [0.717, 1.165) is 41.2 Å². The molecule has 0 radical (unpaired) electrons. The van der Waals surface area contributed by atoms with E-state index in [1.54, 1.807) is 0 Å². The monoisotopic (exact) mass is 767 g/mol. The van der Waals surface area contributed by atoms with Crippen LogP contribution in [0.25, 0.3) is 21.6 Å². The van der Waals surface area contributed by atoms with E-state index < -0.39 is 43.4 Å². The molecule has 3 aromatic carbocycles. The number of aromatic carboxylic acids is 1. The number of non-ortho nitro benzene ring substituents is 1. The van der Waals surface area contributed by atoms with Crippen LogP contribution in [-0.4, -0.2) is 47.4 Å². The van der Waals surface area contributed by atoms with Gasteiger partial charge in [0.25, 0.3) is 0 Å². The average Bonchev–Trinajstić information content (AvgIpc) is 3.70. The summed E-state index contributed by atoms with van der Waals surface area (Å²) in [5, 5.41) is 46.2. The molecule has 0 aromatic heterocycles. The third kappa shape index (κ3) is 7.93. The summed E-state index contributed by atoms with van der Waals surface area (Å²) in [6, 6.07) is 10.5. The number of carbonyl (C=O) groups is 1. The topological polar surface area (TPSA) is 176 Å². The SMILES string of the molecule is CCCCCCCCCCCCOc1ccc(C2=C[Se]C(=C3c4cc([N+](=O)[O-])cc([N+](=O)[O-])c4-c4c(C(=O)O)cc([N+](=O)[O-])c(C)c43)S2)cc1. The van der Waals surface area contributed by atoms with Crippen LogP contribution >= 0.6 is 11.8 Å². The first-order chi connectivity index (χ1) is 24.0. The zero-order valence-electron chi connectivity index (χ0n) is 27.8. The molecule has 14 heteroatoms. The third-order valence-corrected chi connectivity index (χ3v) is 12.8. The molecule has 0 atom stereocenters. The number of nitro groups is 3. The van der Waals surface area contributed by atoms with Gasteiger partial charge in [0.1, 0.15) is 0 Å². The van der Waals surface area contributed by atoms with Gasteiger partial charge in [-0.15, -0.1) is 0 Å². The second-order valence-electron chi connectivity index (χ2n) is 12.2. The summed E-state index contributed by atoms with van der Waals surface area (Å²) < 4.78 is 6.66. The molecule has 50 heavy (non-hydrogen) atoms. The molecule has 262 valence electrons. The fraction of sp³-hybridized carbons (Fsp3) is 0.361. The fourth-order valence-corrected chi connectivity index (χ4v) is 10.3. The number of rotatable bonds is 17. The summed E-state index contributed by atoms with van der Waals surface area (Å²) >= 11 is 0.990. The number of ether oxygens (including phenoxy) is 1. The van der Waals surface area contributed by atoms with Crippen LogP contribution in [0.3, 0.4) is 0 Å². The number of hydrogen-bond donors (Lipinski definition) is 1. The van der Waals surface area contributed by atoms with E-state index in [1.807, 2.05) is 29.2 Å². The van der Waals surface area contributed by atoms with Gasteiger partial charge >= 0.3 is 255 Å². The molecule has 0 unspecified atom stereocenters. The molecular formula is C36H37N3O9SSe. The molecule has 0 bridgehead atoms. The Morgan fingerprint density at radius 2 is 1.42 bits per heavy atom. The average molecular weight is 767 g/mol. The molecule has 0 spiro atoms. The number of unbranched alkanes of at least 4 members (excludes halogenated alkanes) is 9. The quantitative estimate of drug-likeness (QED) is 0.0471. The van der Waals surface area contributed by atoms with Crippen LogP contribution < -0.4 is 4.74 Å². The van der Waals surface area contributed by atoms with Gasteiger partial charge in [0.15, 0.2) is 0 Å². The van der Waals surface area contributed by atoms with E-state index >= 15 is 0 Å². The molecule has 1 aliphatic carbocycles. The minimum atomic E-state index is -1.51. The number of thioether (sulfide) groups is 1. The molecule has 0 fully saturated rings. The Labute approximate surface area is 299 Å². The van der Waals surface area contributed by atoms with Crippen LogP contribution in [0.15, 0.2) is 51.2 Å². The fourth-order valence-electron chi connectivity index (χ4n) is 6.35. The van der Waals surface area contributed by atoms with Gasteiger partial charge in [0.05, 0.1) is 0 Å². The zero-order valence-corrected chi connectivity index (χ0v) is 30.3. The first-order valence-electron chi connectivity index (χ1n) is 16.6. The molecule has 5 rings (SSSR count). The number of hydrogen-bond acceptors (Lipinski definition) is 9. The second kappa shape index (κ2) is 16.5. The minimum absolute atomic E-state index is 0.0477. The van der Waals surface area contributed by atoms with Crippen molar-refractivity contribution >= 4 is 60.2 Å². The van der Waals surface area contributed by atoms with Crippen LogP contribution in [-0.2, 0) is 0 Å². The van der Waals surface area contributed by atoms with E-state index in [0.29, 0.717) is 16.0 Å². The molecule has 1 N–H and O–H groups in total. The van der Waals surface area contributed by atoms with Crippen molar-refractivity contribution in [2.24, 2.45) is 0 Å². The predicted molar refractivity (Wildman–Crippen MR) is 195 cm³/mol. The Kier molecular flexibility index (Phi) is 12.1. The molecule has 0 saturated carbocycles. The maximum atomic E-state index is 12.4. The molecular weight excluding hydrogens is 729 g/mol. The van der Waals surface area contributed by atoms with E-state index in [1.165, 1.54) is 76.1 Å². The van der Waals surface area contributed by atoms with Crippen LogP contribution in [0.1, 0.15) is 104 Å². The van der Waals surface area contributed by atoms with Crippen molar-refractivity contribution in [3.63, 3.8) is 0 Å².